The molecule has 0 radical (unpaired) electrons. The van der Waals surface area contributed by atoms with Crippen LogP contribution in [0, 0.1) is 6.92 Å². The van der Waals surface area contributed by atoms with Crippen LogP contribution >= 0.6 is 0 Å². The van der Waals surface area contributed by atoms with Crippen molar-refractivity contribution in [3.8, 4) is 5.75 Å². The van der Waals surface area contributed by atoms with Gasteiger partial charge in [0.15, 0.2) is 0 Å². The summed E-state index contributed by atoms with van der Waals surface area (Å²) in [5.74, 6) is 0.231. The van der Waals surface area contributed by atoms with Gasteiger partial charge in [-0.1, -0.05) is 42.0 Å². The third-order valence-corrected chi connectivity index (χ3v) is 5.19. The molecule has 0 bridgehead atoms. The zero-order valence-corrected chi connectivity index (χ0v) is 18.3. The SMILES string of the molecule is COc1ccc(C=NNC(=O)c2ccc(NC(=O)c3cccc(C)c3)cc2)c2ccccc12. The molecular weight excluding hydrogens is 414 g/mol. The lowest BCUT2D eigenvalue weighted by atomic mass is 10.0. The second kappa shape index (κ2) is 9.78. The molecule has 0 atom stereocenters. The van der Waals surface area contributed by atoms with Crippen LogP contribution in [0.25, 0.3) is 10.8 Å². The van der Waals surface area contributed by atoms with Gasteiger partial charge in [0.2, 0.25) is 0 Å². The number of nitrogens with one attached hydrogen (secondary N) is 2. The molecule has 0 aliphatic carbocycles. The lowest BCUT2D eigenvalue weighted by Gasteiger charge is -2.08. The van der Waals surface area contributed by atoms with E-state index in [4.69, 9.17) is 4.74 Å². The normalized spacial score (nSPS) is 10.8. The fourth-order valence-electron chi connectivity index (χ4n) is 3.50. The Bertz CT molecular complexity index is 1340. The Labute approximate surface area is 191 Å². The summed E-state index contributed by atoms with van der Waals surface area (Å²) in [5.41, 5.74) is 6.03. The van der Waals surface area contributed by atoms with Gasteiger partial charge in [-0.2, -0.15) is 5.10 Å². The minimum atomic E-state index is -0.347. The van der Waals surface area contributed by atoms with Crippen molar-refractivity contribution >= 4 is 34.5 Å². The Hall–Kier alpha value is -4.45. The number of aryl methyl sites for hydroxylation is 1. The molecule has 0 aromatic heterocycles. The molecular formula is C27H23N3O3. The summed E-state index contributed by atoms with van der Waals surface area (Å²) >= 11 is 0. The Kier molecular flexibility index (Phi) is 6.45. The van der Waals surface area contributed by atoms with Gasteiger partial charge in [0.05, 0.1) is 13.3 Å². The van der Waals surface area contributed by atoms with Gasteiger partial charge in [0.25, 0.3) is 11.8 Å². The van der Waals surface area contributed by atoms with Crippen LogP contribution in [0.3, 0.4) is 0 Å². The molecule has 164 valence electrons. The summed E-state index contributed by atoms with van der Waals surface area (Å²) in [4.78, 5) is 24.8. The number of hydrogen-bond donors (Lipinski definition) is 2. The molecule has 0 aliphatic heterocycles. The van der Waals surface area contributed by atoms with Crippen LogP contribution in [0.15, 0.2) is 90.0 Å². The maximum atomic E-state index is 12.5. The Balaban J connectivity index is 1.41. The Morgan fingerprint density at radius 1 is 0.818 bits per heavy atom. The van der Waals surface area contributed by atoms with Crippen LogP contribution < -0.4 is 15.5 Å². The van der Waals surface area contributed by atoms with Crippen LogP contribution in [0.4, 0.5) is 5.69 Å². The molecule has 6 heteroatoms. The maximum absolute atomic E-state index is 12.5. The summed E-state index contributed by atoms with van der Waals surface area (Å²) in [6.45, 7) is 1.93. The van der Waals surface area contributed by atoms with Crippen molar-refractivity contribution in [2.24, 2.45) is 5.10 Å². The summed E-state index contributed by atoms with van der Waals surface area (Å²) in [5, 5.41) is 8.89. The average Bonchev–Trinajstić information content (AvgIpc) is 2.84. The highest BCUT2D eigenvalue weighted by Crippen LogP contribution is 2.27. The first kappa shape index (κ1) is 21.8. The Morgan fingerprint density at radius 2 is 1.58 bits per heavy atom. The van der Waals surface area contributed by atoms with Crippen LogP contribution in [0.5, 0.6) is 5.75 Å². The highest BCUT2D eigenvalue weighted by atomic mass is 16.5. The predicted octanol–water partition coefficient (Wildman–Crippen LogP) is 5.17. The van der Waals surface area contributed by atoms with E-state index in [-0.39, 0.29) is 11.8 Å². The van der Waals surface area contributed by atoms with Crippen molar-refractivity contribution < 1.29 is 14.3 Å². The molecule has 0 saturated heterocycles. The third kappa shape index (κ3) is 5.07. The highest BCUT2D eigenvalue weighted by Gasteiger charge is 2.09. The largest absolute Gasteiger partial charge is 0.496 e. The molecule has 0 heterocycles. The van der Waals surface area contributed by atoms with Gasteiger partial charge >= 0.3 is 0 Å². The molecule has 4 aromatic carbocycles. The van der Waals surface area contributed by atoms with Gasteiger partial charge in [-0.05, 0) is 60.8 Å². The van der Waals surface area contributed by atoms with E-state index in [0.717, 1.165) is 27.6 Å². The number of methoxy groups -OCH3 is 1. The van der Waals surface area contributed by atoms with E-state index in [0.29, 0.717) is 16.8 Å². The monoisotopic (exact) mass is 437 g/mol. The molecule has 4 rings (SSSR count). The van der Waals surface area contributed by atoms with Crippen LogP contribution in [-0.2, 0) is 0 Å². The highest BCUT2D eigenvalue weighted by molar-refractivity contribution is 6.05. The lowest BCUT2D eigenvalue weighted by molar-refractivity contribution is 0.0954. The van der Waals surface area contributed by atoms with Crippen molar-refractivity contribution in [3.63, 3.8) is 0 Å². The fraction of sp³-hybridized carbons (Fsp3) is 0.0741. The quantitative estimate of drug-likeness (QED) is 0.322. The Morgan fingerprint density at radius 3 is 2.30 bits per heavy atom. The summed E-state index contributed by atoms with van der Waals surface area (Å²) in [6, 6.07) is 25.6. The number of hydrazone groups is 1. The number of anilines is 1. The van der Waals surface area contributed by atoms with Crippen LogP contribution in [-0.4, -0.2) is 25.1 Å². The van der Waals surface area contributed by atoms with E-state index in [1.54, 1.807) is 43.7 Å². The fourth-order valence-corrected chi connectivity index (χ4v) is 3.50. The second-order valence-corrected chi connectivity index (χ2v) is 7.50. The molecule has 2 N–H and O–H groups in total. The van der Waals surface area contributed by atoms with Gasteiger partial charge in [-0.3, -0.25) is 9.59 Å². The zero-order chi connectivity index (χ0) is 23.2. The van der Waals surface area contributed by atoms with Crippen molar-refractivity contribution in [2.75, 3.05) is 12.4 Å². The summed E-state index contributed by atoms with van der Waals surface area (Å²) in [6.07, 6.45) is 1.61. The van der Waals surface area contributed by atoms with Crippen LogP contribution in [0.1, 0.15) is 31.8 Å². The molecule has 6 nitrogen and oxygen atoms in total. The van der Waals surface area contributed by atoms with E-state index in [9.17, 15) is 9.59 Å². The molecule has 0 spiro atoms. The number of ether oxygens (including phenoxy) is 1. The van der Waals surface area contributed by atoms with Gasteiger partial charge in [0.1, 0.15) is 5.75 Å². The number of carbonyl (C=O) groups excluding carboxylic acids is 2. The number of rotatable bonds is 6. The van der Waals surface area contributed by atoms with E-state index in [1.165, 1.54) is 0 Å². The number of benzene rings is 4. The topological polar surface area (TPSA) is 79.8 Å². The van der Waals surface area contributed by atoms with Gasteiger partial charge in [-0.25, -0.2) is 5.43 Å². The molecule has 33 heavy (non-hydrogen) atoms. The average molecular weight is 437 g/mol. The van der Waals surface area contributed by atoms with E-state index in [2.05, 4.69) is 15.8 Å². The first-order valence-electron chi connectivity index (χ1n) is 10.4. The lowest BCUT2D eigenvalue weighted by Crippen LogP contribution is -2.18. The number of hydrogen-bond acceptors (Lipinski definition) is 4. The van der Waals surface area contributed by atoms with Crippen molar-refractivity contribution in [3.05, 3.63) is 107 Å². The first-order chi connectivity index (χ1) is 16.0. The van der Waals surface area contributed by atoms with Crippen molar-refractivity contribution in [1.82, 2.24) is 5.43 Å². The minimum absolute atomic E-state index is 0.202. The van der Waals surface area contributed by atoms with Crippen LogP contribution in [0.2, 0.25) is 0 Å². The predicted molar refractivity (Wildman–Crippen MR) is 131 cm³/mol. The van der Waals surface area contributed by atoms with Crippen molar-refractivity contribution in [1.29, 1.82) is 0 Å². The van der Waals surface area contributed by atoms with Gasteiger partial charge < -0.3 is 10.1 Å². The molecule has 4 aromatic rings. The second-order valence-electron chi connectivity index (χ2n) is 7.50. The molecule has 0 fully saturated rings. The van der Waals surface area contributed by atoms with E-state index < -0.39 is 0 Å². The van der Waals surface area contributed by atoms with Gasteiger partial charge in [0, 0.05) is 27.8 Å². The maximum Gasteiger partial charge on any atom is 0.271 e. The smallest absolute Gasteiger partial charge is 0.271 e. The standard InChI is InChI=1S/C27H23N3O3/c1-18-6-5-7-20(16-18)26(31)29-22-13-10-19(11-14-22)27(32)30-28-17-21-12-15-25(33-2)24-9-4-3-8-23(21)24/h3-17H,1-2H3,(H,29,31)(H,30,32). The van der Waals surface area contributed by atoms with E-state index >= 15 is 0 Å². The number of nitrogens with zero attached hydrogens (tertiary/aromatic N) is 1. The number of fused-ring (bicyclic) bond motifs is 1. The first-order valence-corrected chi connectivity index (χ1v) is 10.4. The minimum Gasteiger partial charge on any atom is -0.496 e. The number of carbonyl (C=O) groups is 2. The third-order valence-electron chi connectivity index (χ3n) is 5.19. The van der Waals surface area contributed by atoms with Crippen molar-refractivity contribution in [2.45, 2.75) is 6.92 Å². The summed E-state index contributed by atoms with van der Waals surface area (Å²) < 4.78 is 5.41. The molecule has 0 unspecified atom stereocenters. The zero-order valence-electron chi connectivity index (χ0n) is 18.3. The molecule has 0 saturated carbocycles. The number of amides is 2. The summed E-state index contributed by atoms with van der Waals surface area (Å²) in [7, 11) is 1.63. The van der Waals surface area contributed by atoms with Gasteiger partial charge in [-0.15, -0.1) is 0 Å². The molecule has 2 amide bonds. The van der Waals surface area contributed by atoms with E-state index in [1.807, 2.05) is 61.5 Å². The molecule has 0 aliphatic rings.